The lowest BCUT2D eigenvalue weighted by Crippen LogP contribution is -2.30. The van der Waals surface area contributed by atoms with Crippen molar-refractivity contribution < 1.29 is 24.2 Å². The van der Waals surface area contributed by atoms with E-state index in [1.54, 1.807) is 36.7 Å². The molecule has 1 N–H and O–H groups in total. The molecule has 2 aliphatic rings. The van der Waals surface area contributed by atoms with E-state index in [1.165, 1.54) is 11.8 Å². The molecular formula is C19H16N2O5. The number of rotatable bonds is 4. The van der Waals surface area contributed by atoms with Gasteiger partial charge in [0.25, 0.3) is 5.91 Å². The zero-order valence-electron chi connectivity index (χ0n) is 14.0. The summed E-state index contributed by atoms with van der Waals surface area (Å²) in [5.41, 5.74) is 1.54. The zero-order chi connectivity index (χ0) is 18.3. The number of fused-ring (bicyclic) bond motifs is 1. The van der Waals surface area contributed by atoms with Crippen LogP contribution in [0.1, 0.15) is 24.1 Å². The summed E-state index contributed by atoms with van der Waals surface area (Å²) >= 11 is 0. The van der Waals surface area contributed by atoms with Gasteiger partial charge in [-0.2, -0.15) is 0 Å². The Morgan fingerprint density at radius 2 is 2.12 bits per heavy atom. The molecule has 0 saturated carbocycles. The Bertz CT molecular complexity index is 923. The number of amides is 1. The first-order valence-corrected chi connectivity index (χ1v) is 8.09. The molecule has 1 aromatic carbocycles. The van der Waals surface area contributed by atoms with Crippen LogP contribution in [-0.2, 0) is 16.1 Å². The van der Waals surface area contributed by atoms with Gasteiger partial charge in [0.15, 0.2) is 23.0 Å². The van der Waals surface area contributed by atoms with Crippen molar-refractivity contribution in [3.8, 4) is 11.5 Å². The Morgan fingerprint density at radius 1 is 1.31 bits per heavy atom. The van der Waals surface area contributed by atoms with Crippen LogP contribution in [0, 0.1) is 0 Å². The van der Waals surface area contributed by atoms with Crippen LogP contribution in [0.25, 0.3) is 0 Å². The van der Waals surface area contributed by atoms with Crippen LogP contribution >= 0.6 is 0 Å². The summed E-state index contributed by atoms with van der Waals surface area (Å²) < 4.78 is 10.7. The van der Waals surface area contributed by atoms with E-state index < -0.39 is 17.7 Å². The fourth-order valence-electron chi connectivity index (χ4n) is 3.29. The summed E-state index contributed by atoms with van der Waals surface area (Å²) in [5.74, 6) is -0.294. The van der Waals surface area contributed by atoms with Gasteiger partial charge >= 0.3 is 0 Å². The Labute approximate surface area is 149 Å². The highest BCUT2D eigenvalue weighted by molar-refractivity contribution is 6.08. The lowest BCUT2D eigenvalue weighted by molar-refractivity contribution is -0.130. The second-order valence-corrected chi connectivity index (χ2v) is 6.13. The molecule has 4 rings (SSSR count). The van der Waals surface area contributed by atoms with Gasteiger partial charge in [-0.3, -0.25) is 14.6 Å². The molecule has 26 heavy (non-hydrogen) atoms. The maximum Gasteiger partial charge on any atom is 0.290 e. The van der Waals surface area contributed by atoms with Crippen LogP contribution in [-0.4, -0.2) is 33.5 Å². The zero-order valence-corrected chi connectivity index (χ0v) is 14.0. The third kappa shape index (κ3) is 2.57. The monoisotopic (exact) mass is 352 g/mol. The second kappa shape index (κ2) is 6.18. The summed E-state index contributed by atoms with van der Waals surface area (Å²) in [6.07, 6.45) is 3.29. The summed E-state index contributed by atoms with van der Waals surface area (Å²) in [5, 5.41) is 10.3. The molecule has 132 valence electrons. The Morgan fingerprint density at radius 3 is 2.85 bits per heavy atom. The Balaban J connectivity index is 1.77. The normalized spacial score (nSPS) is 18.6. The number of hydrogen-bond donors (Lipinski definition) is 1. The van der Waals surface area contributed by atoms with Crippen molar-refractivity contribution in [2.24, 2.45) is 0 Å². The SMILES string of the molecule is CC(=O)C1=C(O)C(=O)N(Cc2cccnc2)[C@H]1c1ccc2c(c1)OCO2. The first-order valence-electron chi connectivity index (χ1n) is 8.09. The molecule has 7 nitrogen and oxygen atoms in total. The molecular weight excluding hydrogens is 336 g/mol. The standard InChI is InChI=1S/C19H16N2O5/c1-11(22)16-17(13-4-5-14-15(7-13)26-10-25-14)21(19(24)18(16)23)9-12-3-2-6-20-8-12/h2-8,17,23H,9-10H2,1H3/t17-/m0/s1. The maximum absolute atomic E-state index is 12.6. The number of Topliss-reactive ketones (excluding diaryl/α,β-unsaturated/α-hetero) is 1. The molecule has 0 unspecified atom stereocenters. The van der Waals surface area contributed by atoms with Gasteiger partial charge in [0.1, 0.15) is 0 Å². The minimum Gasteiger partial charge on any atom is -0.503 e. The minimum absolute atomic E-state index is 0.0813. The molecule has 0 aliphatic carbocycles. The van der Waals surface area contributed by atoms with Gasteiger partial charge < -0.3 is 19.5 Å². The highest BCUT2D eigenvalue weighted by atomic mass is 16.7. The molecule has 3 heterocycles. The van der Waals surface area contributed by atoms with E-state index in [0.29, 0.717) is 17.1 Å². The van der Waals surface area contributed by atoms with Crippen LogP contribution in [0.3, 0.4) is 0 Å². The van der Waals surface area contributed by atoms with Gasteiger partial charge in [0.05, 0.1) is 11.6 Å². The Kier molecular flexibility index (Phi) is 3.84. The third-order valence-electron chi connectivity index (χ3n) is 4.47. The van der Waals surface area contributed by atoms with Crippen LogP contribution in [0.4, 0.5) is 0 Å². The van der Waals surface area contributed by atoms with Gasteiger partial charge in [-0.1, -0.05) is 12.1 Å². The van der Waals surface area contributed by atoms with E-state index in [9.17, 15) is 14.7 Å². The van der Waals surface area contributed by atoms with Crippen molar-refractivity contribution in [1.29, 1.82) is 0 Å². The molecule has 1 atom stereocenters. The number of carbonyl (C=O) groups excluding carboxylic acids is 2. The van der Waals surface area contributed by atoms with Crippen molar-refractivity contribution in [2.75, 3.05) is 6.79 Å². The predicted octanol–water partition coefficient (Wildman–Crippen LogP) is 2.29. The number of nitrogens with zero attached hydrogens (tertiary/aromatic N) is 2. The first-order chi connectivity index (χ1) is 12.6. The topological polar surface area (TPSA) is 89.0 Å². The van der Waals surface area contributed by atoms with Crippen molar-refractivity contribution >= 4 is 11.7 Å². The quantitative estimate of drug-likeness (QED) is 0.908. The summed E-state index contributed by atoms with van der Waals surface area (Å²) in [6, 6.07) is 8.14. The summed E-state index contributed by atoms with van der Waals surface area (Å²) in [7, 11) is 0. The van der Waals surface area contributed by atoms with Crippen molar-refractivity contribution in [3.63, 3.8) is 0 Å². The number of aliphatic hydroxyl groups excluding tert-OH is 1. The third-order valence-corrected chi connectivity index (χ3v) is 4.47. The lowest BCUT2D eigenvalue weighted by Gasteiger charge is -2.26. The molecule has 2 aliphatic heterocycles. The minimum atomic E-state index is -0.699. The second-order valence-electron chi connectivity index (χ2n) is 6.13. The highest BCUT2D eigenvalue weighted by Crippen LogP contribution is 2.42. The van der Waals surface area contributed by atoms with E-state index >= 15 is 0 Å². The molecule has 0 radical (unpaired) electrons. The van der Waals surface area contributed by atoms with Gasteiger partial charge in [0.2, 0.25) is 6.79 Å². The number of carbonyl (C=O) groups is 2. The largest absolute Gasteiger partial charge is 0.503 e. The molecule has 2 aromatic rings. The number of pyridine rings is 1. The number of ketones is 1. The molecule has 0 spiro atoms. The van der Waals surface area contributed by atoms with Crippen LogP contribution in [0.5, 0.6) is 11.5 Å². The van der Waals surface area contributed by atoms with Crippen LogP contribution in [0.15, 0.2) is 54.1 Å². The fraction of sp³-hybridized carbons (Fsp3) is 0.211. The van der Waals surface area contributed by atoms with E-state index in [0.717, 1.165) is 5.56 Å². The van der Waals surface area contributed by atoms with Gasteiger partial charge in [-0.15, -0.1) is 0 Å². The number of hydrogen-bond acceptors (Lipinski definition) is 6. The molecule has 0 saturated heterocycles. The molecule has 0 fully saturated rings. The van der Waals surface area contributed by atoms with E-state index in [4.69, 9.17) is 9.47 Å². The summed E-state index contributed by atoms with van der Waals surface area (Å²) in [6.45, 7) is 1.68. The van der Waals surface area contributed by atoms with Gasteiger partial charge in [0, 0.05) is 18.9 Å². The van der Waals surface area contributed by atoms with Gasteiger partial charge in [-0.05, 0) is 36.2 Å². The summed E-state index contributed by atoms with van der Waals surface area (Å²) in [4.78, 5) is 30.3. The van der Waals surface area contributed by atoms with E-state index in [-0.39, 0.29) is 24.7 Å². The lowest BCUT2D eigenvalue weighted by atomic mass is 9.96. The maximum atomic E-state index is 12.6. The number of ether oxygens (including phenoxy) is 2. The van der Waals surface area contributed by atoms with E-state index in [2.05, 4.69) is 4.98 Å². The van der Waals surface area contributed by atoms with Crippen molar-refractivity contribution in [2.45, 2.75) is 19.5 Å². The first kappa shape index (κ1) is 16.1. The average Bonchev–Trinajstić information content (AvgIpc) is 3.20. The molecule has 1 amide bonds. The fourth-order valence-corrected chi connectivity index (χ4v) is 3.29. The highest BCUT2D eigenvalue weighted by Gasteiger charge is 2.42. The number of aromatic nitrogens is 1. The van der Waals surface area contributed by atoms with Crippen molar-refractivity contribution in [1.82, 2.24) is 9.88 Å². The average molecular weight is 352 g/mol. The molecule has 0 bridgehead atoms. The number of aliphatic hydroxyl groups is 1. The predicted molar refractivity (Wildman–Crippen MR) is 90.4 cm³/mol. The molecule has 7 heteroatoms. The van der Waals surface area contributed by atoms with Crippen LogP contribution < -0.4 is 9.47 Å². The van der Waals surface area contributed by atoms with Crippen molar-refractivity contribution in [3.05, 3.63) is 65.2 Å². The smallest absolute Gasteiger partial charge is 0.290 e. The molecule has 1 aromatic heterocycles. The van der Waals surface area contributed by atoms with E-state index in [1.807, 2.05) is 6.07 Å². The number of benzene rings is 1. The van der Waals surface area contributed by atoms with Gasteiger partial charge in [-0.25, -0.2) is 0 Å². The Hall–Kier alpha value is -3.35. The van der Waals surface area contributed by atoms with Crippen LogP contribution in [0.2, 0.25) is 0 Å².